The summed E-state index contributed by atoms with van der Waals surface area (Å²) >= 11 is 0. The number of amides is 2. The molecule has 1 atom stereocenters. The average Bonchev–Trinajstić information content (AvgIpc) is 2.86. The number of aromatic carboxylic acids is 1. The maximum absolute atomic E-state index is 11.9. The zero-order valence-corrected chi connectivity index (χ0v) is 11.0. The highest BCUT2D eigenvalue weighted by Crippen LogP contribution is 2.11. The SMILES string of the molecule is CNC(=O)C(C)CN(C)C(=O)c1ccc(C(=O)O)o1. The Bertz CT molecular complexity index is 494. The van der Waals surface area contributed by atoms with Gasteiger partial charge in [0.25, 0.3) is 5.91 Å². The van der Waals surface area contributed by atoms with Crippen molar-refractivity contribution in [1.29, 1.82) is 0 Å². The van der Waals surface area contributed by atoms with E-state index in [2.05, 4.69) is 5.32 Å². The van der Waals surface area contributed by atoms with E-state index in [0.717, 1.165) is 0 Å². The molecule has 0 aliphatic carbocycles. The summed E-state index contributed by atoms with van der Waals surface area (Å²) in [6.45, 7) is 1.90. The number of nitrogens with zero attached hydrogens (tertiary/aromatic N) is 1. The summed E-state index contributed by atoms with van der Waals surface area (Å²) in [6.07, 6.45) is 0. The molecule has 1 unspecified atom stereocenters. The monoisotopic (exact) mass is 268 g/mol. The van der Waals surface area contributed by atoms with Crippen molar-refractivity contribution in [2.45, 2.75) is 6.92 Å². The maximum atomic E-state index is 11.9. The first kappa shape index (κ1) is 14.7. The molecule has 1 aromatic rings. The predicted octanol–water partition coefficient (Wildman–Crippen LogP) is 0.432. The highest BCUT2D eigenvalue weighted by atomic mass is 16.4. The third-order valence-corrected chi connectivity index (χ3v) is 2.62. The van der Waals surface area contributed by atoms with Gasteiger partial charge in [-0.2, -0.15) is 0 Å². The van der Waals surface area contributed by atoms with Crippen LogP contribution in [0.2, 0.25) is 0 Å². The van der Waals surface area contributed by atoms with E-state index in [9.17, 15) is 14.4 Å². The molecule has 7 nitrogen and oxygen atoms in total. The molecule has 0 saturated carbocycles. The first-order chi connectivity index (χ1) is 8.86. The zero-order valence-electron chi connectivity index (χ0n) is 11.0. The van der Waals surface area contributed by atoms with Crippen molar-refractivity contribution < 1.29 is 23.9 Å². The van der Waals surface area contributed by atoms with Crippen molar-refractivity contribution >= 4 is 17.8 Å². The van der Waals surface area contributed by atoms with Crippen molar-refractivity contribution in [2.24, 2.45) is 5.92 Å². The standard InChI is InChI=1S/C12H16N2O5/c1-7(10(15)13-2)6-14(3)11(16)8-4-5-9(19-8)12(17)18/h4-5,7H,6H2,1-3H3,(H,13,15)(H,17,18). The van der Waals surface area contributed by atoms with Crippen LogP contribution < -0.4 is 5.32 Å². The third-order valence-electron chi connectivity index (χ3n) is 2.62. The first-order valence-electron chi connectivity index (χ1n) is 5.67. The van der Waals surface area contributed by atoms with Gasteiger partial charge in [0, 0.05) is 20.6 Å². The summed E-state index contributed by atoms with van der Waals surface area (Å²) in [5.74, 6) is -2.61. The molecule has 0 aliphatic rings. The second-order valence-corrected chi connectivity index (χ2v) is 4.17. The van der Waals surface area contributed by atoms with Crippen LogP contribution in [0.1, 0.15) is 28.0 Å². The van der Waals surface area contributed by atoms with Crippen LogP contribution in [0, 0.1) is 5.92 Å². The number of rotatable bonds is 5. The Morgan fingerprint density at radius 1 is 1.37 bits per heavy atom. The van der Waals surface area contributed by atoms with E-state index in [4.69, 9.17) is 9.52 Å². The van der Waals surface area contributed by atoms with Crippen molar-refractivity contribution in [2.75, 3.05) is 20.6 Å². The number of carboxylic acid groups (broad SMARTS) is 1. The highest BCUT2D eigenvalue weighted by Gasteiger charge is 2.21. The molecule has 0 bridgehead atoms. The summed E-state index contributed by atoms with van der Waals surface area (Å²) < 4.78 is 4.91. The lowest BCUT2D eigenvalue weighted by molar-refractivity contribution is -0.124. The minimum atomic E-state index is -1.24. The Labute approximate surface area is 110 Å². The van der Waals surface area contributed by atoms with E-state index >= 15 is 0 Å². The molecule has 1 heterocycles. The van der Waals surface area contributed by atoms with Crippen LogP contribution >= 0.6 is 0 Å². The van der Waals surface area contributed by atoms with Gasteiger partial charge in [0.1, 0.15) is 0 Å². The van der Waals surface area contributed by atoms with Crippen LogP contribution in [0.25, 0.3) is 0 Å². The Morgan fingerprint density at radius 3 is 2.42 bits per heavy atom. The van der Waals surface area contributed by atoms with Gasteiger partial charge in [-0.05, 0) is 12.1 Å². The van der Waals surface area contributed by atoms with E-state index in [1.54, 1.807) is 6.92 Å². The molecule has 104 valence electrons. The Hall–Kier alpha value is -2.31. The van der Waals surface area contributed by atoms with Gasteiger partial charge in [-0.1, -0.05) is 6.92 Å². The number of carbonyl (C=O) groups excluding carboxylic acids is 2. The summed E-state index contributed by atoms with van der Waals surface area (Å²) in [5.41, 5.74) is 0. The average molecular weight is 268 g/mol. The van der Waals surface area contributed by atoms with Crippen LogP contribution in [0.15, 0.2) is 16.5 Å². The lowest BCUT2D eigenvalue weighted by Gasteiger charge is -2.19. The molecular weight excluding hydrogens is 252 g/mol. The number of hydrogen-bond acceptors (Lipinski definition) is 4. The van der Waals surface area contributed by atoms with Gasteiger partial charge in [0.05, 0.1) is 5.92 Å². The Morgan fingerprint density at radius 2 is 1.95 bits per heavy atom. The fourth-order valence-corrected chi connectivity index (χ4v) is 1.58. The lowest BCUT2D eigenvalue weighted by atomic mass is 10.1. The maximum Gasteiger partial charge on any atom is 0.371 e. The molecule has 0 aromatic carbocycles. The zero-order chi connectivity index (χ0) is 14.6. The molecular formula is C12H16N2O5. The number of nitrogens with one attached hydrogen (secondary N) is 1. The molecule has 2 N–H and O–H groups in total. The number of carbonyl (C=O) groups is 3. The molecule has 0 radical (unpaired) electrons. The molecule has 7 heteroatoms. The van der Waals surface area contributed by atoms with Crippen molar-refractivity contribution in [3.63, 3.8) is 0 Å². The molecule has 19 heavy (non-hydrogen) atoms. The van der Waals surface area contributed by atoms with Gasteiger partial charge in [-0.3, -0.25) is 9.59 Å². The molecule has 1 rings (SSSR count). The number of hydrogen-bond donors (Lipinski definition) is 2. The van der Waals surface area contributed by atoms with E-state index in [0.29, 0.717) is 0 Å². The summed E-state index contributed by atoms with van der Waals surface area (Å²) in [7, 11) is 3.04. The van der Waals surface area contributed by atoms with E-state index in [1.165, 1.54) is 31.1 Å². The molecule has 1 aromatic heterocycles. The van der Waals surface area contributed by atoms with Crippen molar-refractivity contribution in [3.8, 4) is 0 Å². The largest absolute Gasteiger partial charge is 0.475 e. The van der Waals surface area contributed by atoms with Crippen LogP contribution in [-0.2, 0) is 4.79 Å². The topological polar surface area (TPSA) is 99.9 Å². The van der Waals surface area contributed by atoms with Crippen molar-refractivity contribution in [1.82, 2.24) is 10.2 Å². The Kier molecular flexibility index (Phi) is 4.68. The number of carboxylic acids is 1. The molecule has 0 aliphatic heterocycles. The summed E-state index contributed by atoms with van der Waals surface area (Å²) in [5, 5.41) is 11.2. The van der Waals surface area contributed by atoms with Crippen LogP contribution in [-0.4, -0.2) is 48.4 Å². The fraction of sp³-hybridized carbons (Fsp3) is 0.417. The smallest absolute Gasteiger partial charge is 0.371 e. The number of furan rings is 1. The van der Waals surface area contributed by atoms with Crippen molar-refractivity contribution in [3.05, 3.63) is 23.7 Å². The lowest BCUT2D eigenvalue weighted by Crippen LogP contribution is -2.37. The predicted molar refractivity (Wildman–Crippen MR) is 65.9 cm³/mol. The first-order valence-corrected chi connectivity index (χ1v) is 5.67. The molecule has 2 amide bonds. The fourth-order valence-electron chi connectivity index (χ4n) is 1.58. The van der Waals surface area contributed by atoms with Gasteiger partial charge in [-0.15, -0.1) is 0 Å². The van der Waals surface area contributed by atoms with Gasteiger partial charge < -0.3 is 19.7 Å². The second kappa shape index (κ2) is 6.03. The van der Waals surface area contributed by atoms with Crippen LogP contribution in [0.3, 0.4) is 0 Å². The van der Waals surface area contributed by atoms with E-state index < -0.39 is 11.9 Å². The van der Waals surface area contributed by atoms with Crippen LogP contribution in [0.4, 0.5) is 0 Å². The van der Waals surface area contributed by atoms with Gasteiger partial charge in [0.15, 0.2) is 5.76 Å². The summed E-state index contributed by atoms with van der Waals surface area (Å²) in [6, 6.07) is 2.51. The van der Waals surface area contributed by atoms with Crippen LogP contribution in [0.5, 0.6) is 0 Å². The second-order valence-electron chi connectivity index (χ2n) is 4.17. The van der Waals surface area contributed by atoms with Gasteiger partial charge >= 0.3 is 5.97 Å². The third kappa shape index (κ3) is 3.57. The minimum absolute atomic E-state index is 0.0657. The molecule has 0 spiro atoms. The van der Waals surface area contributed by atoms with E-state index in [1.807, 2.05) is 0 Å². The normalized spacial score (nSPS) is 11.7. The van der Waals surface area contributed by atoms with Gasteiger partial charge in [0.2, 0.25) is 11.7 Å². The molecule has 0 fully saturated rings. The van der Waals surface area contributed by atoms with E-state index in [-0.39, 0.29) is 29.9 Å². The summed E-state index contributed by atoms with van der Waals surface area (Å²) in [4.78, 5) is 35.2. The quantitative estimate of drug-likeness (QED) is 0.806. The molecule has 0 saturated heterocycles. The highest BCUT2D eigenvalue weighted by molar-refractivity contribution is 5.93. The van der Waals surface area contributed by atoms with Gasteiger partial charge in [-0.25, -0.2) is 4.79 Å². The Balaban J connectivity index is 2.71. The minimum Gasteiger partial charge on any atom is -0.475 e.